The van der Waals surface area contributed by atoms with Gasteiger partial charge in [-0.2, -0.15) is 5.26 Å². The van der Waals surface area contributed by atoms with Crippen LogP contribution in [-0.2, 0) is 0 Å². The number of hydrogen-bond acceptors (Lipinski definition) is 13. The van der Waals surface area contributed by atoms with Crippen LogP contribution in [0.4, 0.5) is 8.78 Å². The summed E-state index contributed by atoms with van der Waals surface area (Å²) in [6.45, 7) is 0. The molecule has 0 N–H and O–H groups in total. The first-order valence-corrected chi connectivity index (χ1v) is 37.0. The van der Waals surface area contributed by atoms with Crippen molar-refractivity contribution in [3.63, 3.8) is 0 Å². The number of aromatic nitrogens is 14. The molecule has 0 spiro atoms. The maximum Gasteiger partial charge on any atom is 0.164 e. The number of nitriles is 1. The average molecular weight is 1470 g/mol. The highest BCUT2D eigenvalue weighted by Gasteiger charge is 2.30. The molecule has 0 bridgehead atoms. The van der Waals surface area contributed by atoms with Crippen LogP contribution < -0.4 is 0 Å². The minimum atomic E-state index is -0.857. The quantitative estimate of drug-likeness (QED) is 0.0944. The molecule has 114 heavy (non-hydrogen) atoms. The number of halogens is 2. The lowest BCUT2D eigenvalue weighted by molar-refractivity contribution is 0.589. The standard InChI is InChI=1S/C97H57F2N15/c98-77-42-25-43-78(99)84(77)75-52-53-79(113-80-54-67(94-105-86(59-26-9-1-10-27-59)101-87(106-94)60-28-11-2-12-29-60)44-48-71(80)72-49-45-68(55-81(72)113)95-107-88(61-30-13-3-14-31-61)102-89(108-95)62-32-15-4-16-33-62)76(58-100)85(75)114-82-56-69(96-109-90(63-34-17-5-18-35-63)103-91(110-96)64-36-19-6-20-37-64)46-50-73(82)74-51-47-70(57-83(74)114)97-111-92(65-38-21-7-22-39-65)104-93(112-97)66-40-23-8-24-41-66/h1-57H. The molecule has 17 heteroatoms. The molecule has 0 saturated carbocycles. The molecule has 0 aliphatic heterocycles. The topological polar surface area (TPSA) is 188 Å². The molecule has 0 aliphatic rings. The van der Waals surface area contributed by atoms with E-state index in [-0.39, 0.29) is 22.4 Å². The van der Waals surface area contributed by atoms with E-state index in [9.17, 15) is 5.26 Å². The zero-order valence-electron chi connectivity index (χ0n) is 60.4. The first-order valence-electron chi connectivity index (χ1n) is 37.0. The Hall–Kier alpha value is -15.9. The second kappa shape index (κ2) is 28.6. The molecule has 6 aromatic heterocycles. The summed E-state index contributed by atoms with van der Waals surface area (Å²) in [4.78, 5) is 61.9. The SMILES string of the molecule is N#Cc1c(-n2c3cc(-c4nc(-c5ccccc5)nc(-c5ccccc5)n4)ccc3c3ccc(-c4nc(-c5ccccc5)nc(-c5ccccc5)n4)cc32)ccc(-c2c(F)cccc2F)c1-n1c2cc(-c3nc(-c4ccccc4)nc(-c4ccccc4)n3)ccc2c2ccc(-c3nc(-c4ccccc4)nc(-c4ccccc4)n3)cc21. The maximum atomic E-state index is 17.6. The third kappa shape index (κ3) is 12.4. The predicted molar refractivity (Wildman–Crippen MR) is 444 cm³/mol. The van der Waals surface area contributed by atoms with Crippen molar-refractivity contribution >= 4 is 43.6 Å². The molecule has 0 saturated heterocycles. The molecule has 6 heterocycles. The molecule has 534 valence electrons. The van der Waals surface area contributed by atoms with Gasteiger partial charge in [0, 0.05) is 93.9 Å². The molecule has 0 fully saturated rings. The minimum absolute atomic E-state index is 0.0333. The van der Waals surface area contributed by atoms with E-state index in [1.54, 1.807) is 12.1 Å². The molecular formula is C97H57F2N15. The van der Waals surface area contributed by atoms with Crippen LogP contribution in [0.25, 0.3) is 203 Å². The largest absolute Gasteiger partial charge is 0.308 e. The molecule has 20 rings (SSSR count). The van der Waals surface area contributed by atoms with Crippen molar-refractivity contribution in [1.82, 2.24) is 68.9 Å². The van der Waals surface area contributed by atoms with E-state index in [1.807, 2.05) is 325 Å². The molecule has 0 aliphatic carbocycles. The van der Waals surface area contributed by atoms with Gasteiger partial charge in [-0.1, -0.05) is 297 Å². The molecule has 0 radical (unpaired) electrons. The van der Waals surface area contributed by atoms with Gasteiger partial charge in [0.25, 0.3) is 0 Å². The van der Waals surface area contributed by atoms with Gasteiger partial charge in [-0.3, -0.25) is 0 Å². The van der Waals surface area contributed by atoms with E-state index in [2.05, 4.69) is 6.07 Å². The first-order chi connectivity index (χ1) is 56.3. The normalized spacial score (nSPS) is 11.4. The van der Waals surface area contributed by atoms with Gasteiger partial charge in [-0.15, -0.1) is 0 Å². The maximum absolute atomic E-state index is 17.6. The van der Waals surface area contributed by atoms with Gasteiger partial charge in [0.05, 0.1) is 39.0 Å². The Morgan fingerprint density at radius 3 is 0.667 bits per heavy atom. The summed E-state index contributed by atoms with van der Waals surface area (Å²) < 4.78 is 39.2. The molecule has 15 nitrogen and oxygen atoms in total. The fourth-order valence-electron chi connectivity index (χ4n) is 14.9. The van der Waals surface area contributed by atoms with Crippen molar-refractivity contribution in [2.24, 2.45) is 0 Å². The van der Waals surface area contributed by atoms with Crippen LogP contribution in [0.2, 0.25) is 0 Å². The van der Waals surface area contributed by atoms with E-state index >= 15 is 8.78 Å². The Morgan fingerprint density at radius 1 is 0.219 bits per heavy atom. The fraction of sp³-hybridized carbons (Fsp3) is 0. The highest BCUT2D eigenvalue weighted by Crippen LogP contribution is 2.46. The number of nitrogens with zero attached hydrogens (tertiary/aromatic N) is 15. The second-order valence-corrected chi connectivity index (χ2v) is 27.3. The lowest BCUT2D eigenvalue weighted by atomic mass is 9.97. The summed E-state index contributed by atoms with van der Waals surface area (Å²) in [5, 5.41) is 15.9. The van der Waals surface area contributed by atoms with E-state index in [0.717, 1.165) is 66.1 Å². The van der Waals surface area contributed by atoms with E-state index in [4.69, 9.17) is 59.8 Å². The Kier molecular flexibility index (Phi) is 16.9. The van der Waals surface area contributed by atoms with Gasteiger partial charge in [-0.25, -0.2) is 68.6 Å². The van der Waals surface area contributed by atoms with Crippen molar-refractivity contribution in [2.45, 2.75) is 0 Å². The lowest BCUT2D eigenvalue weighted by Crippen LogP contribution is -2.08. The molecule has 0 unspecified atom stereocenters. The van der Waals surface area contributed by atoms with Gasteiger partial charge >= 0.3 is 0 Å². The van der Waals surface area contributed by atoms with Crippen LogP contribution in [0.1, 0.15) is 5.56 Å². The van der Waals surface area contributed by atoms with E-state index < -0.39 is 11.6 Å². The monoisotopic (exact) mass is 1470 g/mol. The zero-order chi connectivity index (χ0) is 76.2. The Bertz CT molecular complexity index is 6560. The molecule has 0 atom stereocenters. The molecule has 14 aromatic carbocycles. The number of hydrogen-bond donors (Lipinski definition) is 0. The summed E-state index contributed by atoms with van der Waals surface area (Å²) in [6, 6.07) is 112. The van der Waals surface area contributed by atoms with Gasteiger partial charge in [0.15, 0.2) is 69.9 Å². The van der Waals surface area contributed by atoms with Gasteiger partial charge < -0.3 is 9.13 Å². The minimum Gasteiger partial charge on any atom is -0.308 e. The molecular weight excluding hydrogens is 1410 g/mol. The van der Waals surface area contributed by atoms with E-state index in [0.29, 0.717) is 120 Å². The fourth-order valence-corrected chi connectivity index (χ4v) is 14.9. The average Bonchev–Trinajstić information content (AvgIpc) is 1.54. The zero-order valence-corrected chi connectivity index (χ0v) is 60.4. The van der Waals surface area contributed by atoms with Crippen LogP contribution in [0, 0.1) is 23.0 Å². The van der Waals surface area contributed by atoms with Crippen molar-refractivity contribution in [3.05, 3.63) is 363 Å². The summed E-state index contributed by atoms with van der Waals surface area (Å²) in [7, 11) is 0. The van der Waals surface area contributed by atoms with Gasteiger partial charge in [0.2, 0.25) is 0 Å². The van der Waals surface area contributed by atoms with Crippen LogP contribution in [0.3, 0.4) is 0 Å². The first kappa shape index (κ1) is 67.4. The smallest absolute Gasteiger partial charge is 0.164 e. The highest BCUT2D eigenvalue weighted by molar-refractivity contribution is 6.14. The Labute approximate surface area is 651 Å². The van der Waals surface area contributed by atoms with Crippen molar-refractivity contribution in [2.75, 3.05) is 0 Å². The highest BCUT2D eigenvalue weighted by atomic mass is 19.1. The lowest BCUT2D eigenvalue weighted by Gasteiger charge is -2.21. The van der Waals surface area contributed by atoms with Crippen molar-refractivity contribution in [3.8, 4) is 165 Å². The number of benzene rings is 14. The summed E-state index contributed by atoms with van der Waals surface area (Å²) in [5.41, 5.74) is 11.2. The van der Waals surface area contributed by atoms with Crippen LogP contribution in [0.5, 0.6) is 0 Å². The number of fused-ring (bicyclic) bond motifs is 6. The third-order valence-corrected chi connectivity index (χ3v) is 20.3. The van der Waals surface area contributed by atoms with Crippen molar-refractivity contribution in [1.29, 1.82) is 5.26 Å². The predicted octanol–water partition coefficient (Wildman–Crippen LogP) is 22.4. The Balaban J connectivity index is 0.900. The van der Waals surface area contributed by atoms with Crippen LogP contribution in [0.15, 0.2) is 346 Å². The Morgan fingerprint density at radius 2 is 0.439 bits per heavy atom. The van der Waals surface area contributed by atoms with E-state index in [1.165, 1.54) is 18.2 Å². The summed E-state index contributed by atoms with van der Waals surface area (Å²) >= 11 is 0. The van der Waals surface area contributed by atoms with Crippen LogP contribution >= 0.6 is 0 Å². The number of rotatable bonds is 15. The second-order valence-electron chi connectivity index (χ2n) is 27.3. The summed E-state index contributed by atoms with van der Waals surface area (Å²) in [5.74, 6) is 3.34. The molecule has 20 aromatic rings. The van der Waals surface area contributed by atoms with Gasteiger partial charge in [-0.05, 0) is 48.5 Å². The third-order valence-electron chi connectivity index (χ3n) is 20.3. The van der Waals surface area contributed by atoms with Gasteiger partial charge in [0.1, 0.15) is 23.3 Å². The molecule has 0 amide bonds. The van der Waals surface area contributed by atoms with Crippen molar-refractivity contribution < 1.29 is 8.78 Å². The van der Waals surface area contributed by atoms with Crippen LogP contribution in [-0.4, -0.2) is 68.9 Å². The summed E-state index contributed by atoms with van der Waals surface area (Å²) in [6.07, 6.45) is 0.